The van der Waals surface area contributed by atoms with Crippen molar-refractivity contribution in [3.8, 4) is 0 Å². The zero-order valence-corrected chi connectivity index (χ0v) is 26.8. The third kappa shape index (κ3) is 7.33. The van der Waals surface area contributed by atoms with Crippen LogP contribution in [0.4, 0.5) is 4.79 Å². The van der Waals surface area contributed by atoms with Gasteiger partial charge in [-0.05, 0) is 43.0 Å². The molecule has 0 aromatic heterocycles. The molecule has 1 aromatic rings. The number of benzene rings is 1. The van der Waals surface area contributed by atoms with E-state index in [0.29, 0.717) is 23.2 Å². The highest BCUT2D eigenvalue weighted by molar-refractivity contribution is 6.84. The van der Waals surface area contributed by atoms with Crippen LogP contribution in [0.5, 0.6) is 0 Å². The van der Waals surface area contributed by atoms with Crippen molar-refractivity contribution in [2.45, 2.75) is 116 Å². The SMILES string of the molecule is CC(C)[Si](O[C@H](/C(=C\c1ccccc1)[Si](C)(C)C)[C@@H]1COCN1C(=O)OC(C)(C)C)(C(C)C)C(C)C. The molecule has 1 aliphatic rings. The van der Waals surface area contributed by atoms with Crippen LogP contribution in [-0.2, 0) is 13.9 Å². The second-order valence-corrected chi connectivity index (χ2v) is 23.6. The topological polar surface area (TPSA) is 48.0 Å². The Hall–Kier alpha value is -1.42. The molecule has 7 heteroatoms. The maximum absolute atomic E-state index is 13.3. The Morgan fingerprint density at radius 2 is 1.53 bits per heavy atom. The van der Waals surface area contributed by atoms with Crippen molar-refractivity contribution in [3.63, 3.8) is 0 Å². The smallest absolute Gasteiger partial charge is 0.412 e. The highest BCUT2D eigenvalue weighted by Gasteiger charge is 2.51. The Bertz CT molecular complexity index is 863. The summed E-state index contributed by atoms with van der Waals surface area (Å²) in [5, 5.41) is 1.32. The lowest BCUT2D eigenvalue weighted by Crippen LogP contribution is -2.58. The second-order valence-electron chi connectivity index (χ2n) is 13.1. The quantitative estimate of drug-likeness (QED) is 0.301. The maximum Gasteiger partial charge on any atom is 0.412 e. The van der Waals surface area contributed by atoms with Crippen LogP contribution in [0.1, 0.15) is 67.9 Å². The van der Waals surface area contributed by atoms with E-state index in [2.05, 4.69) is 91.5 Å². The molecule has 0 radical (unpaired) electrons. The van der Waals surface area contributed by atoms with Crippen LogP contribution in [0.3, 0.4) is 0 Å². The lowest BCUT2D eigenvalue weighted by Gasteiger charge is -2.48. The Labute approximate surface area is 222 Å². The van der Waals surface area contributed by atoms with Gasteiger partial charge < -0.3 is 13.9 Å². The normalized spacial score (nSPS) is 18.9. The third-order valence-corrected chi connectivity index (χ3v) is 15.5. The summed E-state index contributed by atoms with van der Waals surface area (Å²) < 4.78 is 19.3. The van der Waals surface area contributed by atoms with Gasteiger partial charge in [0, 0.05) is 0 Å². The van der Waals surface area contributed by atoms with Gasteiger partial charge in [0.25, 0.3) is 0 Å². The summed E-state index contributed by atoms with van der Waals surface area (Å²) in [6, 6.07) is 10.3. The molecule has 0 N–H and O–H groups in total. The number of ether oxygens (including phenoxy) is 2. The number of nitrogens with zero attached hydrogens (tertiary/aromatic N) is 1. The standard InChI is InChI=1S/C29H51NO4Si2/c1-21(2)36(22(3)4,23(5)6)34-27(25-19-32-20-30(25)28(31)33-29(7,8)9)26(35(10,11)12)18-24-16-14-13-15-17-24/h13-18,21-23,25,27H,19-20H2,1-12H3/b26-18+/t25-,27-/m0/s1. The number of amides is 1. The molecule has 1 heterocycles. The molecule has 0 bridgehead atoms. The first-order valence-corrected chi connectivity index (χ1v) is 19.2. The molecule has 1 aromatic carbocycles. The van der Waals surface area contributed by atoms with Gasteiger partial charge in [-0.2, -0.15) is 0 Å². The highest BCUT2D eigenvalue weighted by atomic mass is 28.4. The molecule has 1 fully saturated rings. The minimum absolute atomic E-state index is 0.226. The van der Waals surface area contributed by atoms with Crippen molar-refractivity contribution in [2.24, 2.45) is 0 Å². The van der Waals surface area contributed by atoms with Crippen molar-refractivity contribution >= 4 is 28.6 Å². The molecule has 0 spiro atoms. The molecule has 1 saturated heterocycles. The van der Waals surface area contributed by atoms with Gasteiger partial charge in [0.05, 0.1) is 26.8 Å². The van der Waals surface area contributed by atoms with E-state index in [9.17, 15) is 4.79 Å². The highest BCUT2D eigenvalue weighted by Crippen LogP contribution is 2.45. The Kier molecular flexibility index (Phi) is 10.2. The van der Waals surface area contributed by atoms with Gasteiger partial charge in [0.15, 0.2) is 0 Å². The van der Waals surface area contributed by atoms with Gasteiger partial charge >= 0.3 is 6.09 Å². The van der Waals surface area contributed by atoms with Crippen molar-refractivity contribution in [1.29, 1.82) is 0 Å². The first-order chi connectivity index (χ1) is 16.5. The fourth-order valence-electron chi connectivity index (χ4n) is 5.65. The number of rotatable bonds is 9. The molecule has 2 atom stereocenters. The Morgan fingerprint density at radius 1 is 1.00 bits per heavy atom. The van der Waals surface area contributed by atoms with E-state index in [0.717, 1.165) is 5.56 Å². The summed E-state index contributed by atoms with van der Waals surface area (Å²) in [5.74, 6) is 0. The molecule has 36 heavy (non-hydrogen) atoms. The minimum Gasteiger partial charge on any atom is -0.444 e. The summed E-state index contributed by atoms with van der Waals surface area (Å²) in [6.45, 7) is 27.4. The van der Waals surface area contributed by atoms with Crippen molar-refractivity contribution in [2.75, 3.05) is 13.3 Å². The zero-order chi connectivity index (χ0) is 27.5. The van der Waals surface area contributed by atoms with Crippen LogP contribution in [0.25, 0.3) is 6.08 Å². The van der Waals surface area contributed by atoms with Crippen LogP contribution in [0.2, 0.25) is 36.3 Å². The fraction of sp³-hybridized carbons (Fsp3) is 0.690. The van der Waals surface area contributed by atoms with Gasteiger partial charge in [-0.3, -0.25) is 4.90 Å². The first kappa shape index (κ1) is 30.8. The molecule has 0 aliphatic carbocycles. The predicted molar refractivity (Wildman–Crippen MR) is 156 cm³/mol. The van der Waals surface area contributed by atoms with Crippen molar-refractivity contribution < 1.29 is 18.7 Å². The average molecular weight is 534 g/mol. The molecule has 2 rings (SSSR count). The lowest BCUT2D eigenvalue weighted by atomic mass is 10.1. The van der Waals surface area contributed by atoms with E-state index in [4.69, 9.17) is 13.9 Å². The van der Waals surface area contributed by atoms with Gasteiger partial charge in [-0.15, -0.1) is 0 Å². The van der Waals surface area contributed by atoms with Gasteiger partial charge in [0.1, 0.15) is 12.3 Å². The molecule has 0 unspecified atom stereocenters. The largest absolute Gasteiger partial charge is 0.444 e. The summed E-state index contributed by atoms with van der Waals surface area (Å²) in [6.07, 6.45) is 1.74. The van der Waals surface area contributed by atoms with Crippen LogP contribution in [0, 0.1) is 0 Å². The third-order valence-electron chi connectivity index (χ3n) is 7.23. The van der Waals surface area contributed by atoms with Crippen molar-refractivity contribution in [1.82, 2.24) is 4.90 Å². The van der Waals surface area contributed by atoms with E-state index in [-0.39, 0.29) is 25.0 Å². The van der Waals surface area contributed by atoms with Gasteiger partial charge in [0.2, 0.25) is 8.32 Å². The minimum atomic E-state index is -2.28. The van der Waals surface area contributed by atoms with Crippen molar-refractivity contribution in [3.05, 3.63) is 41.1 Å². The molecular weight excluding hydrogens is 482 g/mol. The molecule has 1 amide bonds. The van der Waals surface area contributed by atoms with Crippen LogP contribution >= 0.6 is 0 Å². The predicted octanol–water partition coefficient (Wildman–Crippen LogP) is 8.10. The summed E-state index contributed by atoms with van der Waals surface area (Å²) >= 11 is 0. The molecule has 204 valence electrons. The van der Waals surface area contributed by atoms with E-state index < -0.39 is 22.0 Å². The average Bonchev–Trinajstić information content (AvgIpc) is 3.21. The first-order valence-electron chi connectivity index (χ1n) is 13.5. The lowest BCUT2D eigenvalue weighted by molar-refractivity contribution is 0.00818. The van der Waals surface area contributed by atoms with E-state index in [1.807, 2.05) is 26.8 Å². The Balaban J connectivity index is 2.72. The molecule has 1 aliphatic heterocycles. The summed E-state index contributed by atoms with van der Waals surface area (Å²) in [5.41, 5.74) is 1.87. The zero-order valence-electron chi connectivity index (χ0n) is 24.8. The number of carbonyl (C=O) groups is 1. The fourth-order valence-corrected chi connectivity index (χ4v) is 13.0. The number of hydrogen-bond acceptors (Lipinski definition) is 4. The van der Waals surface area contributed by atoms with E-state index >= 15 is 0 Å². The molecule has 0 saturated carbocycles. The van der Waals surface area contributed by atoms with Crippen LogP contribution in [-0.4, -0.2) is 58.5 Å². The summed E-state index contributed by atoms with van der Waals surface area (Å²) in [7, 11) is -4.17. The van der Waals surface area contributed by atoms with Gasteiger partial charge in [-0.1, -0.05) is 103 Å². The second kappa shape index (κ2) is 12.0. The van der Waals surface area contributed by atoms with Crippen LogP contribution < -0.4 is 0 Å². The Morgan fingerprint density at radius 3 is 1.97 bits per heavy atom. The maximum atomic E-state index is 13.3. The van der Waals surface area contributed by atoms with E-state index in [1.165, 1.54) is 5.20 Å². The molecular formula is C29H51NO4Si2. The number of carbonyl (C=O) groups excluding carboxylic acids is 1. The van der Waals surface area contributed by atoms with Gasteiger partial charge in [-0.25, -0.2) is 4.79 Å². The van der Waals surface area contributed by atoms with E-state index in [1.54, 1.807) is 4.90 Å². The molecule has 5 nitrogen and oxygen atoms in total. The summed E-state index contributed by atoms with van der Waals surface area (Å²) in [4.78, 5) is 15.1. The monoisotopic (exact) mass is 533 g/mol. The van der Waals surface area contributed by atoms with Crippen LogP contribution in [0.15, 0.2) is 35.5 Å². The number of hydrogen-bond donors (Lipinski definition) is 0.